The van der Waals surface area contributed by atoms with Gasteiger partial charge in [-0.05, 0) is 46.6 Å². The van der Waals surface area contributed by atoms with Crippen molar-refractivity contribution in [1.29, 1.82) is 5.26 Å². The molecule has 1 aliphatic heterocycles. The molecule has 1 aliphatic rings. The van der Waals surface area contributed by atoms with Gasteiger partial charge in [-0.1, -0.05) is 12.0 Å². The van der Waals surface area contributed by atoms with Crippen molar-refractivity contribution in [2.45, 2.75) is 65.3 Å². The largest absolute Gasteiger partial charge is 0.444 e. The highest BCUT2D eigenvalue weighted by Gasteiger charge is 2.29. The summed E-state index contributed by atoms with van der Waals surface area (Å²) < 4.78 is 9.55. The summed E-state index contributed by atoms with van der Waals surface area (Å²) in [4.78, 5) is 50.2. The van der Waals surface area contributed by atoms with Gasteiger partial charge in [0.1, 0.15) is 17.4 Å². The molecule has 0 aromatic carbocycles. The van der Waals surface area contributed by atoms with Crippen LogP contribution in [-0.2, 0) is 24.9 Å². The van der Waals surface area contributed by atoms with E-state index in [1.807, 2.05) is 31.7 Å². The fourth-order valence-corrected chi connectivity index (χ4v) is 4.64. The number of ether oxygens (including phenoxy) is 1. The number of nitrogens with zero attached hydrogens (tertiary/aromatic N) is 7. The van der Waals surface area contributed by atoms with Crippen LogP contribution in [0.2, 0.25) is 0 Å². The van der Waals surface area contributed by atoms with Crippen LogP contribution >= 0.6 is 0 Å². The molecule has 12 nitrogen and oxygen atoms in total. The van der Waals surface area contributed by atoms with E-state index >= 15 is 0 Å². The van der Waals surface area contributed by atoms with Gasteiger partial charge in [-0.2, -0.15) is 10.2 Å². The standard InChI is InChI=1S/C27H32N8O4/c1-6-7-14-34-21-22(31-24(34)33-13-9-11-19(17-33)30-25(37)39-27(2,3)4)32(5)26(38)35(23(21)36)16-18-10-8-12-29-20(18)15-28/h8,10,12,19H,9,11,13-14,16-17H2,1-5H3,(H,30,37)/t19-/m1/s1. The van der Waals surface area contributed by atoms with Gasteiger partial charge in [0.2, 0.25) is 5.95 Å². The minimum absolute atomic E-state index is 0.107. The molecule has 3 aromatic rings. The normalized spacial score (nSPS) is 15.4. The molecule has 1 amide bonds. The summed E-state index contributed by atoms with van der Waals surface area (Å²) in [5, 5.41) is 12.4. The number of amides is 1. The average molecular weight is 533 g/mol. The first-order valence-electron chi connectivity index (χ1n) is 12.7. The van der Waals surface area contributed by atoms with Crippen molar-refractivity contribution in [3.05, 3.63) is 50.4 Å². The van der Waals surface area contributed by atoms with Crippen LogP contribution in [0.25, 0.3) is 11.2 Å². The zero-order chi connectivity index (χ0) is 28.3. The topological polar surface area (TPSA) is 140 Å². The molecule has 204 valence electrons. The Morgan fingerprint density at radius 2 is 2.05 bits per heavy atom. The maximum atomic E-state index is 13.8. The highest BCUT2D eigenvalue weighted by molar-refractivity contribution is 5.75. The van der Waals surface area contributed by atoms with Crippen molar-refractivity contribution in [1.82, 2.24) is 29.0 Å². The number of nitrogens with one attached hydrogen (secondary N) is 1. The van der Waals surface area contributed by atoms with Gasteiger partial charge in [-0.3, -0.25) is 18.5 Å². The van der Waals surface area contributed by atoms with Crippen molar-refractivity contribution >= 4 is 23.2 Å². The SMILES string of the molecule is CC#CCn1c(N2CCC[C@@H](NC(=O)OC(C)(C)C)C2)nc2c1c(=O)n(Cc1cccnc1C#N)c(=O)n2C. The van der Waals surface area contributed by atoms with E-state index in [2.05, 4.69) is 22.1 Å². The molecule has 1 N–H and O–H groups in total. The van der Waals surface area contributed by atoms with E-state index in [1.54, 1.807) is 30.7 Å². The third kappa shape index (κ3) is 5.80. The third-order valence-corrected chi connectivity index (χ3v) is 6.38. The second-order valence-corrected chi connectivity index (χ2v) is 10.4. The Bertz CT molecular complexity index is 1620. The van der Waals surface area contributed by atoms with Crippen LogP contribution in [0.5, 0.6) is 0 Å². The van der Waals surface area contributed by atoms with E-state index in [0.717, 1.165) is 17.4 Å². The smallest absolute Gasteiger partial charge is 0.407 e. The molecule has 1 saturated heterocycles. The van der Waals surface area contributed by atoms with E-state index in [4.69, 9.17) is 9.72 Å². The minimum Gasteiger partial charge on any atom is -0.444 e. The number of hydrogen-bond donors (Lipinski definition) is 1. The van der Waals surface area contributed by atoms with Crippen LogP contribution < -0.4 is 21.5 Å². The van der Waals surface area contributed by atoms with E-state index in [0.29, 0.717) is 24.6 Å². The number of carbonyl (C=O) groups excluding carboxylic acids is 1. The van der Waals surface area contributed by atoms with E-state index < -0.39 is 22.9 Å². The van der Waals surface area contributed by atoms with Crippen molar-refractivity contribution in [3.8, 4) is 17.9 Å². The molecule has 1 atom stereocenters. The molecule has 0 radical (unpaired) electrons. The van der Waals surface area contributed by atoms with Gasteiger partial charge in [0.05, 0.1) is 13.1 Å². The second-order valence-electron chi connectivity index (χ2n) is 10.4. The molecule has 4 heterocycles. The fraction of sp³-hybridized carbons (Fsp3) is 0.481. The summed E-state index contributed by atoms with van der Waals surface area (Å²) in [7, 11) is 1.56. The number of anilines is 1. The number of alkyl carbamates (subject to hydrolysis) is 1. The Labute approximate surface area is 225 Å². The van der Waals surface area contributed by atoms with Crippen molar-refractivity contribution in [2.24, 2.45) is 7.05 Å². The van der Waals surface area contributed by atoms with Crippen LogP contribution in [0.15, 0.2) is 27.9 Å². The van der Waals surface area contributed by atoms with E-state index in [9.17, 15) is 19.6 Å². The van der Waals surface area contributed by atoms with Crippen molar-refractivity contribution in [2.75, 3.05) is 18.0 Å². The molecule has 0 saturated carbocycles. The molecule has 0 bridgehead atoms. The predicted octanol–water partition coefficient (Wildman–Crippen LogP) is 1.73. The van der Waals surface area contributed by atoms with Gasteiger partial charge in [0.25, 0.3) is 5.56 Å². The summed E-state index contributed by atoms with van der Waals surface area (Å²) in [6.07, 6.45) is 2.55. The molecule has 39 heavy (non-hydrogen) atoms. The maximum Gasteiger partial charge on any atom is 0.407 e. The minimum atomic E-state index is -0.611. The van der Waals surface area contributed by atoms with Gasteiger partial charge < -0.3 is 15.0 Å². The molecule has 12 heteroatoms. The first-order chi connectivity index (χ1) is 18.5. The summed E-state index contributed by atoms with van der Waals surface area (Å²) in [6, 6.07) is 5.14. The van der Waals surface area contributed by atoms with Gasteiger partial charge in [0.15, 0.2) is 11.2 Å². The Morgan fingerprint density at radius 3 is 2.74 bits per heavy atom. The Kier molecular flexibility index (Phi) is 7.77. The summed E-state index contributed by atoms with van der Waals surface area (Å²) in [5.41, 5.74) is -0.610. The monoisotopic (exact) mass is 532 g/mol. The van der Waals surface area contributed by atoms with Crippen LogP contribution in [0.1, 0.15) is 51.8 Å². The average Bonchev–Trinajstić information content (AvgIpc) is 3.27. The van der Waals surface area contributed by atoms with Gasteiger partial charge >= 0.3 is 11.8 Å². The van der Waals surface area contributed by atoms with Crippen LogP contribution in [-0.4, -0.2) is 54.5 Å². The highest BCUT2D eigenvalue weighted by Crippen LogP contribution is 2.23. The number of rotatable bonds is 5. The van der Waals surface area contributed by atoms with Crippen molar-refractivity contribution < 1.29 is 9.53 Å². The van der Waals surface area contributed by atoms with Crippen LogP contribution in [0.4, 0.5) is 10.7 Å². The maximum absolute atomic E-state index is 13.8. The third-order valence-electron chi connectivity index (χ3n) is 6.38. The number of hydrogen-bond acceptors (Lipinski definition) is 8. The van der Waals surface area contributed by atoms with Crippen molar-refractivity contribution in [3.63, 3.8) is 0 Å². The highest BCUT2D eigenvalue weighted by atomic mass is 16.6. The fourth-order valence-electron chi connectivity index (χ4n) is 4.64. The number of imidazole rings is 1. The second kappa shape index (κ2) is 11.0. The Morgan fingerprint density at radius 1 is 1.28 bits per heavy atom. The first kappa shape index (κ1) is 27.5. The lowest BCUT2D eigenvalue weighted by molar-refractivity contribution is 0.0499. The van der Waals surface area contributed by atoms with E-state index in [1.165, 1.54) is 10.8 Å². The summed E-state index contributed by atoms with van der Waals surface area (Å²) >= 11 is 0. The quantitative estimate of drug-likeness (QED) is 0.490. The number of pyridine rings is 1. The number of piperidine rings is 1. The summed E-state index contributed by atoms with van der Waals surface area (Å²) in [5.74, 6) is 6.36. The molecule has 3 aromatic heterocycles. The number of carbonyl (C=O) groups is 1. The lowest BCUT2D eigenvalue weighted by Crippen LogP contribution is -2.49. The van der Waals surface area contributed by atoms with Gasteiger partial charge in [0, 0.05) is 37.9 Å². The Hall–Kier alpha value is -4.58. The molecule has 0 spiro atoms. The van der Waals surface area contributed by atoms with Gasteiger partial charge in [-0.15, -0.1) is 5.92 Å². The van der Waals surface area contributed by atoms with E-state index in [-0.39, 0.29) is 36.0 Å². The van der Waals surface area contributed by atoms with Gasteiger partial charge in [-0.25, -0.2) is 14.6 Å². The molecule has 4 rings (SSSR count). The lowest BCUT2D eigenvalue weighted by atomic mass is 10.1. The zero-order valence-corrected chi connectivity index (χ0v) is 22.8. The molecular weight excluding hydrogens is 500 g/mol. The van der Waals surface area contributed by atoms with Crippen LogP contribution in [0.3, 0.4) is 0 Å². The Balaban J connectivity index is 1.77. The number of nitriles is 1. The molecule has 1 fully saturated rings. The molecule has 0 unspecified atom stereocenters. The first-order valence-corrected chi connectivity index (χ1v) is 12.7. The summed E-state index contributed by atoms with van der Waals surface area (Å²) in [6.45, 7) is 8.32. The predicted molar refractivity (Wildman–Crippen MR) is 145 cm³/mol. The zero-order valence-electron chi connectivity index (χ0n) is 22.8. The number of fused-ring (bicyclic) bond motifs is 1. The molecule has 0 aliphatic carbocycles. The number of aromatic nitrogens is 5. The van der Waals surface area contributed by atoms with Crippen LogP contribution in [0, 0.1) is 23.2 Å². The molecular formula is C27H32N8O4. The number of aryl methyl sites for hydroxylation is 1. The lowest BCUT2D eigenvalue weighted by Gasteiger charge is -2.34.